The van der Waals surface area contributed by atoms with E-state index >= 15 is 0 Å². The highest BCUT2D eigenvalue weighted by molar-refractivity contribution is 5.88. The summed E-state index contributed by atoms with van der Waals surface area (Å²) >= 11 is 0. The van der Waals surface area contributed by atoms with Gasteiger partial charge in [-0.3, -0.25) is 0 Å². The first kappa shape index (κ1) is 21.9. The molecule has 3 aromatic carbocycles. The third-order valence-corrected chi connectivity index (χ3v) is 5.91. The summed E-state index contributed by atoms with van der Waals surface area (Å²) in [7, 11) is 1.57. The number of hydrogen-bond donors (Lipinski definition) is 1. The van der Waals surface area contributed by atoms with Crippen molar-refractivity contribution in [1.29, 1.82) is 0 Å². The summed E-state index contributed by atoms with van der Waals surface area (Å²) in [5.74, 6) is 1.05. The van der Waals surface area contributed by atoms with E-state index in [4.69, 9.17) is 9.47 Å². The summed E-state index contributed by atoms with van der Waals surface area (Å²) in [5, 5.41) is 3.62. The number of hydrogen-bond acceptors (Lipinski definition) is 3. The van der Waals surface area contributed by atoms with E-state index in [0.717, 1.165) is 44.8 Å². The highest BCUT2D eigenvalue weighted by Gasteiger charge is 2.27. The van der Waals surface area contributed by atoms with Crippen LogP contribution in [0.25, 0.3) is 16.7 Å². The molecular formula is C28H30FNO2. The molecule has 0 aromatic heterocycles. The van der Waals surface area contributed by atoms with Crippen molar-refractivity contribution in [3.05, 3.63) is 82.7 Å². The number of nitrogens with one attached hydrogen (secondary N) is 1. The quantitative estimate of drug-likeness (QED) is 0.460. The van der Waals surface area contributed by atoms with Gasteiger partial charge in [-0.15, -0.1) is 0 Å². The van der Waals surface area contributed by atoms with Crippen molar-refractivity contribution in [2.24, 2.45) is 0 Å². The average molecular weight is 432 g/mol. The van der Waals surface area contributed by atoms with Gasteiger partial charge in [0.05, 0.1) is 12.6 Å². The average Bonchev–Trinajstić information content (AvgIpc) is 2.73. The van der Waals surface area contributed by atoms with Gasteiger partial charge in [-0.25, -0.2) is 4.39 Å². The first-order valence-electron chi connectivity index (χ1n) is 10.9. The summed E-state index contributed by atoms with van der Waals surface area (Å²) in [5.41, 5.74) is 8.34. The zero-order valence-corrected chi connectivity index (χ0v) is 19.6. The maximum Gasteiger partial charge on any atom is 0.129 e. The Morgan fingerprint density at radius 3 is 2.41 bits per heavy atom. The lowest BCUT2D eigenvalue weighted by molar-refractivity contribution is 0.304. The molecule has 0 saturated carbocycles. The molecule has 0 spiro atoms. The van der Waals surface area contributed by atoms with E-state index in [1.807, 2.05) is 6.92 Å². The van der Waals surface area contributed by atoms with Crippen LogP contribution in [0.15, 0.2) is 54.6 Å². The van der Waals surface area contributed by atoms with Gasteiger partial charge in [0.25, 0.3) is 0 Å². The molecule has 0 amide bonds. The van der Waals surface area contributed by atoms with Crippen LogP contribution in [0, 0.1) is 19.7 Å². The Labute approximate surface area is 189 Å². The monoisotopic (exact) mass is 431 g/mol. The van der Waals surface area contributed by atoms with Crippen LogP contribution in [0.3, 0.4) is 0 Å². The summed E-state index contributed by atoms with van der Waals surface area (Å²) in [6.07, 6.45) is 2.24. The Hall–Kier alpha value is -3.27. The highest BCUT2D eigenvalue weighted by Crippen LogP contribution is 2.43. The zero-order valence-electron chi connectivity index (χ0n) is 19.6. The summed E-state index contributed by atoms with van der Waals surface area (Å²) < 4.78 is 25.8. The largest absolute Gasteiger partial charge is 0.496 e. The molecule has 166 valence electrons. The van der Waals surface area contributed by atoms with Crippen LogP contribution in [0.5, 0.6) is 11.5 Å². The SMILES string of the molecule is COc1cc(F)ccc1-c1ccc2c(c1COc1cc(C)ccc1C)C(C)=CC(C)(C)N2. The van der Waals surface area contributed by atoms with Gasteiger partial charge < -0.3 is 14.8 Å². The van der Waals surface area contributed by atoms with Crippen LogP contribution in [0.4, 0.5) is 10.1 Å². The van der Waals surface area contributed by atoms with E-state index < -0.39 is 0 Å². The van der Waals surface area contributed by atoms with Gasteiger partial charge in [0, 0.05) is 28.4 Å². The molecule has 32 heavy (non-hydrogen) atoms. The van der Waals surface area contributed by atoms with Crippen LogP contribution in [-0.2, 0) is 6.61 Å². The second kappa shape index (κ2) is 8.34. The Bertz CT molecular complexity index is 1210. The van der Waals surface area contributed by atoms with Gasteiger partial charge in [0.2, 0.25) is 0 Å². The number of methoxy groups -OCH3 is 1. The zero-order chi connectivity index (χ0) is 23.0. The van der Waals surface area contributed by atoms with E-state index in [1.54, 1.807) is 13.2 Å². The third kappa shape index (κ3) is 4.22. The predicted octanol–water partition coefficient (Wildman–Crippen LogP) is 7.30. The summed E-state index contributed by atoms with van der Waals surface area (Å²) in [4.78, 5) is 0. The lowest BCUT2D eigenvalue weighted by atomic mass is 9.85. The van der Waals surface area contributed by atoms with Gasteiger partial charge in [-0.1, -0.05) is 24.3 Å². The number of ether oxygens (including phenoxy) is 2. The van der Waals surface area contributed by atoms with E-state index in [-0.39, 0.29) is 11.4 Å². The predicted molar refractivity (Wildman–Crippen MR) is 130 cm³/mol. The van der Waals surface area contributed by atoms with Crippen molar-refractivity contribution < 1.29 is 13.9 Å². The van der Waals surface area contributed by atoms with E-state index in [9.17, 15) is 4.39 Å². The normalized spacial score (nSPS) is 14.3. The fraction of sp³-hybridized carbons (Fsp3) is 0.286. The van der Waals surface area contributed by atoms with Crippen LogP contribution in [0.1, 0.15) is 43.0 Å². The Kier molecular flexibility index (Phi) is 5.72. The maximum atomic E-state index is 13.9. The number of aryl methyl sites for hydroxylation is 2. The Morgan fingerprint density at radius 2 is 1.66 bits per heavy atom. The van der Waals surface area contributed by atoms with Crippen molar-refractivity contribution in [2.75, 3.05) is 12.4 Å². The van der Waals surface area contributed by atoms with Crippen molar-refractivity contribution in [2.45, 2.75) is 46.8 Å². The van der Waals surface area contributed by atoms with E-state index in [0.29, 0.717) is 12.4 Å². The molecule has 4 rings (SSSR count). The fourth-order valence-corrected chi connectivity index (χ4v) is 4.50. The minimum absolute atomic E-state index is 0.141. The third-order valence-electron chi connectivity index (χ3n) is 5.91. The number of allylic oxidation sites excluding steroid dienone is 1. The van der Waals surface area contributed by atoms with Crippen LogP contribution in [-0.4, -0.2) is 12.6 Å². The lowest BCUT2D eigenvalue weighted by Gasteiger charge is -2.33. The van der Waals surface area contributed by atoms with Crippen molar-refractivity contribution in [3.8, 4) is 22.6 Å². The van der Waals surface area contributed by atoms with Crippen molar-refractivity contribution >= 4 is 11.3 Å². The lowest BCUT2D eigenvalue weighted by Crippen LogP contribution is -2.32. The maximum absolute atomic E-state index is 13.9. The highest BCUT2D eigenvalue weighted by atomic mass is 19.1. The molecule has 0 saturated heterocycles. The molecule has 0 radical (unpaired) electrons. The van der Waals surface area contributed by atoms with E-state index in [2.05, 4.69) is 69.4 Å². The van der Waals surface area contributed by atoms with Gasteiger partial charge in [0.1, 0.15) is 23.9 Å². The first-order chi connectivity index (χ1) is 15.2. The van der Waals surface area contributed by atoms with Crippen LogP contribution < -0.4 is 14.8 Å². The second-order valence-corrected chi connectivity index (χ2v) is 9.09. The molecule has 4 heteroatoms. The molecule has 1 heterocycles. The van der Waals surface area contributed by atoms with Crippen LogP contribution >= 0.6 is 0 Å². The summed E-state index contributed by atoms with van der Waals surface area (Å²) in [6, 6.07) is 15.0. The molecule has 3 nitrogen and oxygen atoms in total. The number of rotatable bonds is 5. The number of halogens is 1. The molecular weight excluding hydrogens is 401 g/mol. The number of anilines is 1. The van der Waals surface area contributed by atoms with Gasteiger partial charge in [-0.2, -0.15) is 0 Å². The Balaban J connectivity index is 1.88. The van der Waals surface area contributed by atoms with Crippen molar-refractivity contribution in [1.82, 2.24) is 0 Å². The molecule has 1 aliphatic heterocycles. The molecule has 0 unspecified atom stereocenters. The molecule has 0 bridgehead atoms. The second-order valence-electron chi connectivity index (χ2n) is 9.09. The minimum Gasteiger partial charge on any atom is -0.496 e. The number of fused-ring (bicyclic) bond motifs is 1. The van der Waals surface area contributed by atoms with Gasteiger partial charge in [0.15, 0.2) is 0 Å². The molecule has 1 aliphatic rings. The smallest absolute Gasteiger partial charge is 0.129 e. The minimum atomic E-state index is -0.323. The first-order valence-corrected chi connectivity index (χ1v) is 10.9. The topological polar surface area (TPSA) is 30.5 Å². The molecule has 3 aromatic rings. The molecule has 0 fully saturated rings. The molecule has 0 aliphatic carbocycles. The van der Waals surface area contributed by atoms with Crippen LogP contribution in [0.2, 0.25) is 0 Å². The molecule has 0 atom stereocenters. The fourth-order valence-electron chi connectivity index (χ4n) is 4.50. The van der Waals surface area contributed by atoms with Crippen molar-refractivity contribution in [3.63, 3.8) is 0 Å². The Morgan fingerprint density at radius 1 is 0.906 bits per heavy atom. The van der Waals surface area contributed by atoms with Gasteiger partial charge in [-0.05, 0) is 81.1 Å². The van der Waals surface area contributed by atoms with Gasteiger partial charge >= 0.3 is 0 Å². The molecule has 1 N–H and O–H groups in total. The number of benzene rings is 3. The van der Waals surface area contributed by atoms with E-state index in [1.165, 1.54) is 17.7 Å². The summed E-state index contributed by atoms with van der Waals surface area (Å²) in [6.45, 7) is 10.9. The standard InChI is InChI=1S/C28H30FNO2/c1-17-7-8-18(2)25(13-17)32-16-23-21(22-10-9-20(29)14-26(22)31-6)11-12-24-27(23)19(3)15-28(4,5)30-24/h7-15,30H,16H2,1-6H3.